The number of ketones is 1. The van der Waals surface area contributed by atoms with Crippen LogP contribution in [0.5, 0.6) is 17.2 Å². The molecule has 0 saturated carbocycles. The zero-order chi connectivity index (χ0) is 16.4. The average molecular weight is 313 g/mol. The van der Waals surface area contributed by atoms with Crippen molar-refractivity contribution in [2.75, 3.05) is 26.6 Å². The zero-order valence-electron chi connectivity index (χ0n) is 13.4. The van der Waals surface area contributed by atoms with Crippen molar-refractivity contribution < 1.29 is 19.0 Å². The van der Waals surface area contributed by atoms with E-state index >= 15 is 0 Å². The summed E-state index contributed by atoms with van der Waals surface area (Å²) in [5, 5.41) is 3.41. The van der Waals surface area contributed by atoms with Crippen molar-refractivity contribution in [1.82, 2.24) is 0 Å². The normalized spacial score (nSPS) is 16.3. The quantitative estimate of drug-likeness (QED) is 0.937. The fourth-order valence-corrected chi connectivity index (χ4v) is 2.97. The van der Waals surface area contributed by atoms with Crippen LogP contribution in [0.4, 0.5) is 5.69 Å². The third-order valence-corrected chi connectivity index (χ3v) is 4.06. The molecule has 3 rings (SSSR count). The maximum Gasteiger partial charge on any atom is 0.203 e. The van der Waals surface area contributed by atoms with Gasteiger partial charge in [-0.05, 0) is 24.3 Å². The van der Waals surface area contributed by atoms with Crippen molar-refractivity contribution in [1.29, 1.82) is 0 Å². The highest BCUT2D eigenvalue weighted by atomic mass is 16.5. The van der Waals surface area contributed by atoms with Crippen LogP contribution in [0.1, 0.15) is 28.4 Å². The molecular weight excluding hydrogens is 294 g/mol. The van der Waals surface area contributed by atoms with E-state index < -0.39 is 0 Å². The first-order valence-corrected chi connectivity index (χ1v) is 7.37. The highest BCUT2D eigenvalue weighted by Crippen LogP contribution is 2.44. The van der Waals surface area contributed by atoms with E-state index in [2.05, 4.69) is 5.32 Å². The Bertz CT molecular complexity index is 742. The van der Waals surface area contributed by atoms with Crippen molar-refractivity contribution in [2.24, 2.45) is 0 Å². The summed E-state index contributed by atoms with van der Waals surface area (Å²) in [6, 6.07) is 11.1. The molecule has 2 aromatic rings. The Labute approximate surface area is 135 Å². The van der Waals surface area contributed by atoms with E-state index in [-0.39, 0.29) is 11.8 Å². The van der Waals surface area contributed by atoms with Crippen LogP contribution >= 0.6 is 0 Å². The molecule has 1 aliphatic rings. The molecule has 23 heavy (non-hydrogen) atoms. The van der Waals surface area contributed by atoms with Gasteiger partial charge in [-0.3, -0.25) is 4.79 Å². The molecule has 0 amide bonds. The molecule has 0 bridgehead atoms. The van der Waals surface area contributed by atoms with E-state index in [1.165, 1.54) is 0 Å². The Morgan fingerprint density at radius 3 is 2.39 bits per heavy atom. The van der Waals surface area contributed by atoms with E-state index in [1.807, 2.05) is 36.4 Å². The number of hydrogen-bond acceptors (Lipinski definition) is 5. The van der Waals surface area contributed by atoms with Gasteiger partial charge in [0.15, 0.2) is 17.3 Å². The highest BCUT2D eigenvalue weighted by molar-refractivity contribution is 6.03. The molecule has 120 valence electrons. The second-order valence-electron chi connectivity index (χ2n) is 5.29. The van der Waals surface area contributed by atoms with Crippen LogP contribution in [0, 0.1) is 0 Å². The number of benzene rings is 2. The van der Waals surface area contributed by atoms with Crippen LogP contribution in [-0.2, 0) is 0 Å². The smallest absolute Gasteiger partial charge is 0.203 e. The molecule has 0 radical (unpaired) electrons. The number of rotatable bonds is 4. The molecule has 1 heterocycles. The summed E-state index contributed by atoms with van der Waals surface area (Å²) < 4.78 is 16.3. The van der Waals surface area contributed by atoms with Crippen LogP contribution in [0.25, 0.3) is 0 Å². The average Bonchev–Trinajstić information content (AvgIpc) is 2.60. The zero-order valence-corrected chi connectivity index (χ0v) is 13.4. The Hall–Kier alpha value is -2.69. The van der Waals surface area contributed by atoms with Crippen LogP contribution in [-0.4, -0.2) is 27.1 Å². The Balaban J connectivity index is 2.05. The van der Waals surface area contributed by atoms with Gasteiger partial charge >= 0.3 is 0 Å². The highest BCUT2D eigenvalue weighted by Gasteiger charge is 2.29. The molecule has 0 saturated heterocycles. The summed E-state index contributed by atoms with van der Waals surface area (Å²) in [6.45, 7) is 0. The maximum absolute atomic E-state index is 12.4. The van der Waals surface area contributed by atoms with Crippen LogP contribution in [0.3, 0.4) is 0 Å². The first-order valence-electron chi connectivity index (χ1n) is 7.37. The molecule has 0 spiro atoms. The summed E-state index contributed by atoms with van der Waals surface area (Å²) >= 11 is 0. The molecule has 1 atom stereocenters. The summed E-state index contributed by atoms with van der Waals surface area (Å²) in [5.74, 6) is 1.81. The minimum Gasteiger partial charge on any atom is -0.493 e. The second-order valence-corrected chi connectivity index (χ2v) is 5.29. The van der Waals surface area contributed by atoms with Crippen molar-refractivity contribution in [3.8, 4) is 17.2 Å². The van der Waals surface area contributed by atoms with Crippen LogP contribution < -0.4 is 19.5 Å². The van der Waals surface area contributed by atoms with E-state index in [0.717, 1.165) is 16.8 Å². The number of anilines is 1. The Kier molecular flexibility index (Phi) is 4.10. The van der Waals surface area contributed by atoms with Crippen molar-refractivity contribution in [2.45, 2.75) is 12.5 Å². The Morgan fingerprint density at radius 2 is 1.70 bits per heavy atom. The van der Waals surface area contributed by atoms with E-state index in [0.29, 0.717) is 23.7 Å². The van der Waals surface area contributed by atoms with Gasteiger partial charge in [-0.2, -0.15) is 0 Å². The minimum absolute atomic E-state index is 0.112. The fraction of sp³-hybridized carbons (Fsp3) is 0.278. The lowest BCUT2D eigenvalue weighted by Gasteiger charge is -2.28. The van der Waals surface area contributed by atoms with Gasteiger partial charge in [-0.15, -0.1) is 0 Å². The predicted octanol–water partition coefficient (Wildman–Crippen LogP) is 3.45. The number of fused-ring (bicyclic) bond motifs is 1. The van der Waals surface area contributed by atoms with Gasteiger partial charge in [0.2, 0.25) is 5.75 Å². The summed E-state index contributed by atoms with van der Waals surface area (Å²) in [7, 11) is 4.73. The molecule has 1 unspecified atom stereocenters. The van der Waals surface area contributed by atoms with Crippen LogP contribution in [0.15, 0.2) is 36.4 Å². The number of Topliss-reactive ketones (excluding diaryl/α,β-unsaturated/α-hetero) is 1. The molecular formula is C18H19NO4. The summed E-state index contributed by atoms with van der Waals surface area (Å²) in [6.07, 6.45) is 0.364. The molecule has 0 aliphatic carbocycles. The fourth-order valence-electron chi connectivity index (χ4n) is 2.97. The lowest BCUT2D eigenvalue weighted by molar-refractivity contribution is 0.0972. The topological polar surface area (TPSA) is 56.8 Å². The summed E-state index contributed by atoms with van der Waals surface area (Å²) in [5.41, 5.74) is 2.43. The van der Waals surface area contributed by atoms with Gasteiger partial charge in [0.1, 0.15) is 0 Å². The van der Waals surface area contributed by atoms with Gasteiger partial charge in [-0.1, -0.05) is 12.1 Å². The number of para-hydroxylation sites is 1. The number of ether oxygens (including phenoxy) is 3. The number of hydrogen-bond donors (Lipinski definition) is 1. The third-order valence-electron chi connectivity index (χ3n) is 4.06. The van der Waals surface area contributed by atoms with Gasteiger partial charge in [-0.25, -0.2) is 0 Å². The molecule has 5 heteroatoms. The van der Waals surface area contributed by atoms with E-state index in [4.69, 9.17) is 14.2 Å². The van der Waals surface area contributed by atoms with Gasteiger partial charge in [0.25, 0.3) is 0 Å². The number of methoxy groups -OCH3 is 3. The van der Waals surface area contributed by atoms with E-state index in [9.17, 15) is 4.79 Å². The Morgan fingerprint density at radius 1 is 0.957 bits per heavy atom. The van der Waals surface area contributed by atoms with Gasteiger partial charge in [0.05, 0.1) is 27.4 Å². The lowest BCUT2D eigenvalue weighted by atomic mass is 9.91. The molecule has 0 fully saturated rings. The second kappa shape index (κ2) is 6.20. The monoisotopic (exact) mass is 313 g/mol. The minimum atomic E-state index is -0.174. The van der Waals surface area contributed by atoms with Crippen molar-refractivity contribution in [3.05, 3.63) is 47.5 Å². The molecule has 1 N–H and O–H groups in total. The first-order chi connectivity index (χ1) is 11.2. The van der Waals surface area contributed by atoms with Crippen molar-refractivity contribution >= 4 is 11.5 Å². The largest absolute Gasteiger partial charge is 0.493 e. The lowest BCUT2D eigenvalue weighted by Crippen LogP contribution is -2.23. The van der Waals surface area contributed by atoms with E-state index in [1.54, 1.807) is 21.3 Å². The maximum atomic E-state index is 12.4. The first kappa shape index (κ1) is 15.2. The van der Waals surface area contributed by atoms with Crippen molar-refractivity contribution in [3.63, 3.8) is 0 Å². The molecule has 5 nitrogen and oxygen atoms in total. The number of nitrogens with one attached hydrogen (secondary N) is 1. The summed E-state index contributed by atoms with van der Waals surface area (Å²) in [4.78, 5) is 12.4. The third kappa shape index (κ3) is 2.59. The number of carbonyl (C=O) groups excluding carboxylic acids is 1. The SMILES string of the molecule is COc1ccc(C2CC(=O)c3ccccc3N2)c(OC)c1OC. The van der Waals surface area contributed by atoms with Gasteiger partial charge in [0, 0.05) is 23.2 Å². The van der Waals surface area contributed by atoms with Gasteiger partial charge < -0.3 is 19.5 Å². The molecule has 0 aromatic heterocycles. The molecule has 1 aliphatic heterocycles. The molecule has 2 aromatic carbocycles. The number of carbonyl (C=O) groups is 1. The van der Waals surface area contributed by atoms with Crippen LogP contribution in [0.2, 0.25) is 0 Å². The standard InChI is InChI=1S/C18H19NO4/c1-21-16-9-8-12(17(22-2)18(16)23-3)14-10-15(20)11-6-4-5-7-13(11)19-14/h4-9,14,19H,10H2,1-3H3. The predicted molar refractivity (Wildman–Crippen MR) is 87.9 cm³/mol.